The molecule has 19 heavy (non-hydrogen) atoms. The largest absolute Gasteiger partial charge is 0.484 e. The Bertz CT molecular complexity index is 426. The lowest BCUT2D eigenvalue weighted by Crippen LogP contribution is -2.53. The van der Waals surface area contributed by atoms with E-state index in [0.29, 0.717) is 0 Å². The molecule has 106 valence electrons. The Morgan fingerprint density at radius 2 is 2.32 bits per heavy atom. The van der Waals surface area contributed by atoms with Gasteiger partial charge < -0.3 is 15.0 Å². The fourth-order valence-electron chi connectivity index (χ4n) is 2.14. The summed E-state index contributed by atoms with van der Waals surface area (Å²) in [5, 5.41) is 3.27. The van der Waals surface area contributed by atoms with Crippen LogP contribution in [0.2, 0.25) is 0 Å². The van der Waals surface area contributed by atoms with Crippen LogP contribution in [-0.4, -0.2) is 43.1 Å². The lowest BCUT2D eigenvalue weighted by molar-refractivity contribution is -0.136. The van der Waals surface area contributed by atoms with Crippen molar-refractivity contribution < 1.29 is 9.53 Å². The van der Waals surface area contributed by atoms with Gasteiger partial charge in [0.1, 0.15) is 5.75 Å². The first kappa shape index (κ1) is 15.8. The topological polar surface area (TPSA) is 41.6 Å². The molecule has 1 heterocycles. The first-order valence-electron chi connectivity index (χ1n) is 6.36. The average Bonchev–Trinajstić information content (AvgIpc) is 2.37. The molecule has 0 radical (unpaired) electrons. The van der Waals surface area contributed by atoms with Gasteiger partial charge in [-0.25, -0.2) is 0 Å². The van der Waals surface area contributed by atoms with Crippen molar-refractivity contribution in [1.82, 2.24) is 10.2 Å². The van der Waals surface area contributed by atoms with Crippen LogP contribution in [-0.2, 0) is 4.79 Å². The van der Waals surface area contributed by atoms with Crippen LogP contribution >= 0.6 is 12.4 Å². The quantitative estimate of drug-likeness (QED) is 0.917. The minimum Gasteiger partial charge on any atom is -0.484 e. The van der Waals surface area contributed by atoms with E-state index < -0.39 is 0 Å². The summed E-state index contributed by atoms with van der Waals surface area (Å²) in [5.41, 5.74) is 1.13. The number of carbonyl (C=O) groups excluding carboxylic acids is 1. The third-order valence-electron chi connectivity index (χ3n) is 3.17. The first-order chi connectivity index (χ1) is 8.66. The second-order valence-corrected chi connectivity index (χ2v) is 4.75. The van der Waals surface area contributed by atoms with Gasteiger partial charge in [0.2, 0.25) is 0 Å². The van der Waals surface area contributed by atoms with E-state index in [1.807, 2.05) is 36.1 Å². The van der Waals surface area contributed by atoms with Gasteiger partial charge in [0.15, 0.2) is 6.61 Å². The Labute approximate surface area is 120 Å². The highest BCUT2D eigenvalue weighted by molar-refractivity contribution is 5.85. The zero-order valence-electron chi connectivity index (χ0n) is 11.4. The number of rotatable bonds is 3. The zero-order valence-corrected chi connectivity index (χ0v) is 12.2. The molecule has 2 rings (SSSR count). The van der Waals surface area contributed by atoms with E-state index in [9.17, 15) is 4.79 Å². The summed E-state index contributed by atoms with van der Waals surface area (Å²) < 4.78 is 5.54. The predicted molar refractivity (Wildman–Crippen MR) is 78.0 cm³/mol. The van der Waals surface area contributed by atoms with Gasteiger partial charge in [-0.05, 0) is 31.5 Å². The van der Waals surface area contributed by atoms with Crippen molar-refractivity contribution in [3.63, 3.8) is 0 Å². The molecule has 1 amide bonds. The number of carbonyl (C=O) groups is 1. The van der Waals surface area contributed by atoms with Gasteiger partial charge >= 0.3 is 0 Å². The summed E-state index contributed by atoms with van der Waals surface area (Å²) in [6.07, 6.45) is 0. The molecule has 1 atom stereocenters. The Balaban J connectivity index is 0.00000180. The number of aryl methyl sites for hydroxylation is 1. The number of piperazine rings is 1. The highest BCUT2D eigenvalue weighted by Crippen LogP contribution is 2.12. The summed E-state index contributed by atoms with van der Waals surface area (Å²) in [6.45, 7) is 6.66. The van der Waals surface area contributed by atoms with Crippen LogP contribution in [0.1, 0.15) is 12.5 Å². The molecule has 0 unspecified atom stereocenters. The number of amides is 1. The van der Waals surface area contributed by atoms with Gasteiger partial charge in [-0.15, -0.1) is 12.4 Å². The summed E-state index contributed by atoms with van der Waals surface area (Å²) in [7, 11) is 0. The third kappa shape index (κ3) is 4.40. The fraction of sp³-hybridized carbons (Fsp3) is 0.500. The number of ether oxygens (including phenoxy) is 1. The molecule has 1 aromatic rings. The minimum atomic E-state index is 0. The molecule has 1 aliphatic rings. The van der Waals surface area contributed by atoms with Gasteiger partial charge in [-0.1, -0.05) is 12.1 Å². The fourth-order valence-corrected chi connectivity index (χ4v) is 2.14. The van der Waals surface area contributed by atoms with Crippen LogP contribution in [0.25, 0.3) is 0 Å². The molecular formula is C14H21ClN2O2. The lowest BCUT2D eigenvalue weighted by atomic mass is 10.2. The van der Waals surface area contributed by atoms with E-state index in [0.717, 1.165) is 30.9 Å². The van der Waals surface area contributed by atoms with Gasteiger partial charge in [0.05, 0.1) is 0 Å². The molecular weight excluding hydrogens is 264 g/mol. The molecule has 1 aromatic carbocycles. The number of nitrogens with one attached hydrogen (secondary N) is 1. The van der Waals surface area contributed by atoms with E-state index in [2.05, 4.69) is 12.2 Å². The van der Waals surface area contributed by atoms with Crippen molar-refractivity contribution in [1.29, 1.82) is 0 Å². The Morgan fingerprint density at radius 3 is 3.00 bits per heavy atom. The van der Waals surface area contributed by atoms with Crippen molar-refractivity contribution in [2.75, 3.05) is 26.2 Å². The van der Waals surface area contributed by atoms with E-state index in [1.165, 1.54) is 0 Å². The lowest BCUT2D eigenvalue weighted by Gasteiger charge is -2.33. The maximum Gasteiger partial charge on any atom is 0.260 e. The van der Waals surface area contributed by atoms with Crippen molar-refractivity contribution >= 4 is 18.3 Å². The standard InChI is InChI=1S/C14H20N2O2.ClH/c1-11-4-3-5-13(8-11)18-10-14(17)16-7-6-15-9-12(16)2;/h3-5,8,12,15H,6-7,9-10H2,1-2H3;1H/t12-;/m1./s1. The maximum absolute atomic E-state index is 12.0. The molecule has 4 nitrogen and oxygen atoms in total. The second-order valence-electron chi connectivity index (χ2n) is 4.75. The molecule has 1 aliphatic heterocycles. The third-order valence-corrected chi connectivity index (χ3v) is 3.17. The molecule has 0 aromatic heterocycles. The molecule has 1 fully saturated rings. The Morgan fingerprint density at radius 1 is 1.53 bits per heavy atom. The molecule has 1 saturated heterocycles. The van der Waals surface area contributed by atoms with Crippen molar-refractivity contribution in [2.45, 2.75) is 19.9 Å². The van der Waals surface area contributed by atoms with Gasteiger partial charge in [0, 0.05) is 25.7 Å². The van der Waals surface area contributed by atoms with Crippen molar-refractivity contribution in [2.24, 2.45) is 0 Å². The number of hydrogen-bond donors (Lipinski definition) is 1. The van der Waals surface area contributed by atoms with Gasteiger partial charge in [-0.2, -0.15) is 0 Å². The van der Waals surface area contributed by atoms with E-state index in [1.54, 1.807) is 0 Å². The van der Waals surface area contributed by atoms with Crippen LogP contribution < -0.4 is 10.1 Å². The summed E-state index contributed by atoms with van der Waals surface area (Å²) in [4.78, 5) is 13.9. The zero-order chi connectivity index (χ0) is 13.0. The summed E-state index contributed by atoms with van der Waals surface area (Å²) in [6, 6.07) is 8.00. The number of halogens is 1. The highest BCUT2D eigenvalue weighted by Gasteiger charge is 2.22. The molecule has 0 saturated carbocycles. The smallest absolute Gasteiger partial charge is 0.260 e. The summed E-state index contributed by atoms with van der Waals surface area (Å²) >= 11 is 0. The van der Waals surface area contributed by atoms with Gasteiger partial charge in [0.25, 0.3) is 5.91 Å². The second kappa shape index (κ2) is 7.36. The Hall–Kier alpha value is -1.26. The number of benzene rings is 1. The normalized spacial score (nSPS) is 18.6. The highest BCUT2D eigenvalue weighted by atomic mass is 35.5. The molecule has 5 heteroatoms. The molecule has 0 spiro atoms. The Kier molecular flexibility index (Phi) is 6.12. The van der Waals surface area contributed by atoms with Crippen LogP contribution in [0.15, 0.2) is 24.3 Å². The first-order valence-corrected chi connectivity index (χ1v) is 6.36. The van der Waals surface area contributed by atoms with E-state index in [4.69, 9.17) is 4.74 Å². The monoisotopic (exact) mass is 284 g/mol. The van der Waals surface area contributed by atoms with Crippen LogP contribution in [0.5, 0.6) is 5.75 Å². The van der Waals surface area contributed by atoms with Crippen LogP contribution in [0.4, 0.5) is 0 Å². The SMILES string of the molecule is Cc1cccc(OCC(=O)N2CCNC[C@H]2C)c1.Cl. The predicted octanol–water partition coefficient (Wildman–Crippen LogP) is 1.62. The van der Waals surface area contributed by atoms with Gasteiger partial charge in [-0.3, -0.25) is 4.79 Å². The minimum absolute atomic E-state index is 0. The molecule has 0 bridgehead atoms. The number of nitrogens with zero attached hydrogens (tertiary/aromatic N) is 1. The van der Waals surface area contributed by atoms with E-state index in [-0.39, 0.29) is 31.0 Å². The van der Waals surface area contributed by atoms with E-state index >= 15 is 0 Å². The van der Waals surface area contributed by atoms with Crippen LogP contribution in [0, 0.1) is 6.92 Å². The molecule has 0 aliphatic carbocycles. The average molecular weight is 285 g/mol. The van der Waals surface area contributed by atoms with Crippen molar-refractivity contribution in [3.05, 3.63) is 29.8 Å². The maximum atomic E-state index is 12.0. The summed E-state index contributed by atoms with van der Waals surface area (Å²) in [5.74, 6) is 0.816. The van der Waals surface area contributed by atoms with Crippen molar-refractivity contribution in [3.8, 4) is 5.75 Å². The number of hydrogen-bond acceptors (Lipinski definition) is 3. The molecule has 1 N–H and O–H groups in total. The van der Waals surface area contributed by atoms with Crippen LogP contribution in [0.3, 0.4) is 0 Å².